The van der Waals surface area contributed by atoms with Crippen LogP contribution in [0.2, 0.25) is 0 Å². The molecule has 0 aromatic rings. The molecule has 0 aromatic carbocycles. The summed E-state index contributed by atoms with van der Waals surface area (Å²) in [7, 11) is 0. The summed E-state index contributed by atoms with van der Waals surface area (Å²) >= 11 is 0. The highest BCUT2D eigenvalue weighted by molar-refractivity contribution is 5.63. The predicted octanol–water partition coefficient (Wildman–Crippen LogP) is 1.81. The number of hydrogen-bond acceptors (Lipinski definition) is 1. The first kappa shape index (κ1) is 7.63. The quantitative estimate of drug-likeness (QED) is 0.518. The number of rotatable bonds is 1. The molecular formula is C7H10F2O. The maximum absolute atomic E-state index is 13.0. The van der Waals surface area contributed by atoms with E-state index in [1.54, 1.807) is 0 Å². The molecule has 0 saturated heterocycles. The summed E-state index contributed by atoms with van der Waals surface area (Å²) < 4.78 is 25.6. The number of halogens is 2. The van der Waals surface area contributed by atoms with Gasteiger partial charge in [0, 0.05) is 0 Å². The molecule has 0 heterocycles. The molecule has 0 bridgehead atoms. The van der Waals surface area contributed by atoms with E-state index in [1.165, 1.54) is 0 Å². The molecule has 0 spiro atoms. The van der Waals surface area contributed by atoms with Crippen molar-refractivity contribution >= 4 is 6.29 Å². The average Bonchev–Trinajstić information content (AvgIpc) is 1.96. The first-order chi connectivity index (χ1) is 4.69. The summed E-state index contributed by atoms with van der Waals surface area (Å²) in [4.78, 5) is 10.1. The van der Waals surface area contributed by atoms with Gasteiger partial charge in [-0.25, -0.2) is 8.78 Å². The molecule has 1 aliphatic rings. The molecule has 58 valence electrons. The second-order valence-electron chi connectivity index (χ2n) is 2.76. The highest BCUT2D eigenvalue weighted by Gasteiger charge is 2.41. The van der Waals surface area contributed by atoms with Crippen molar-refractivity contribution in [1.82, 2.24) is 0 Å². The van der Waals surface area contributed by atoms with E-state index in [4.69, 9.17) is 0 Å². The van der Waals surface area contributed by atoms with Gasteiger partial charge < -0.3 is 0 Å². The topological polar surface area (TPSA) is 17.1 Å². The van der Waals surface area contributed by atoms with E-state index >= 15 is 0 Å². The number of carbonyl (C=O) groups is 1. The van der Waals surface area contributed by atoms with Crippen LogP contribution < -0.4 is 0 Å². The lowest BCUT2D eigenvalue weighted by molar-refractivity contribution is -0.124. The standard InChI is InChI=1S/C7H10F2O/c8-6-3-1-2-4-7(6,9)5-10/h5-6H,1-4H2. The molecule has 0 aliphatic heterocycles. The lowest BCUT2D eigenvalue weighted by Crippen LogP contribution is -2.39. The minimum Gasteiger partial charge on any atom is -0.300 e. The predicted molar refractivity (Wildman–Crippen MR) is 33.3 cm³/mol. The van der Waals surface area contributed by atoms with Gasteiger partial charge in [-0.05, 0) is 19.3 Å². The van der Waals surface area contributed by atoms with Gasteiger partial charge >= 0.3 is 0 Å². The summed E-state index contributed by atoms with van der Waals surface area (Å²) in [5, 5.41) is 0. The molecule has 1 rings (SSSR count). The van der Waals surface area contributed by atoms with Crippen molar-refractivity contribution in [3.63, 3.8) is 0 Å². The van der Waals surface area contributed by atoms with Crippen LogP contribution in [-0.2, 0) is 4.79 Å². The molecule has 0 radical (unpaired) electrons. The summed E-state index contributed by atoms with van der Waals surface area (Å²) in [6, 6.07) is 0. The second-order valence-corrected chi connectivity index (χ2v) is 2.76. The number of carbonyl (C=O) groups excluding carboxylic acids is 1. The Bertz CT molecular complexity index is 138. The Kier molecular flexibility index (Phi) is 2.02. The molecule has 0 aromatic heterocycles. The van der Waals surface area contributed by atoms with Crippen molar-refractivity contribution in [1.29, 1.82) is 0 Å². The van der Waals surface area contributed by atoms with Gasteiger partial charge in [0.1, 0.15) is 6.17 Å². The van der Waals surface area contributed by atoms with E-state index in [0.717, 1.165) is 0 Å². The lowest BCUT2D eigenvalue weighted by Gasteiger charge is -2.27. The fraction of sp³-hybridized carbons (Fsp3) is 0.857. The molecule has 3 heteroatoms. The normalized spacial score (nSPS) is 41.2. The van der Waals surface area contributed by atoms with Crippen molar-refractivity contribution in [3.8, 4) is 0 Å². The Morgan fingerprint density at radius 2 is 2.20 bits per heavy atom. The zero-order valence-corrected chi connectivity index (χ0v) is 5.65. The van der Waals surface area contributed by atoms with E-state index in [-0.39, 0.29) is 19.1 Å². The van der Waals surface area contributed by atoms with Crippen molar-refractivity contribution in [2.45, 2.75) is 37.5 Å². The smallest absolute Gasteiger partial charge is 0.196 e. The van der Waals surface area contributed by atoms with Crippen molar-refractivity contribution < 1.29 is 13.6 Å². The third kappa shape index (κ3) is 1.18. The van der Waals surface area contributed by atoms with E-state index in [0.29, 0.717) is 12.8 Å². The maximum atomic E-state index is 13.0. The Morgan fingerprint density at radius 1 is 1.50 bits per heavy atom. The van der Waals surface area contributed by atoms with Gasteiger partial charge in [-0.15, -0.1) is 0 Å². The highest BCUT2D eigenvalue weighted by atomic mass is 19.2. The summed E-state index contributed by atoms with van der Waals surface area (Å²) in [5.41, 5.74) is -2.17. The van der Waals surface area contributed by atoms with Crippen LogP contribution in [0, 0.1) is 0 Å². The number of hydrogen-bond donors (Lipinski definition) is 0. The Balaban J connectivity index is 2.62. The molecule has 1 aliphatic carbocycles. The van der Waals surface area contributed by atoms with E-state index in [2.05, 4.69) is 0 Å². The molecular weight excluding hydrogens is 138 g/mol. The highest BCUT2D eigenvalue weighted by Crippen LogP contribution is 2.32. The first-order valence-electron chi connectivity index (χ1n) is 3.48. The van der Waals surface area contributed by atoms with Gasteiger partial charge in [0.25, 0.3) is 0 Å². The Morgan fingerprint density at radius 3 is 2.60 bits per heavy atom. The van der Waals surface area contributed by atoms with Gasteiger partial charge in [0.05, 0.1) is 0 Å². The Labute approximate surface area is 58.4 Å². The molecule has 1 saturated carbocycles. The first-order valence-corrected chi connectivity index (χ1v) is 3.48. The van der Waals surface area contributed by atoms with Crippen molar-refractivity contribution in [3.05, 3.63) is 0 Å². The van der Waals surface area contributed by atoms with Crippen LogP contribution in [0.25, 0.3) is 0 Å². The zero-order chi connectivity index (χ0) is 7.61. The molecule has 0 N–H and O–H groups in total. The summed E-state index contributed by atoms with van der Waals surface area (Å²) in [6.45, 7) is 0. The largest absolute Gasteiger partial charge is 0.300 e. The minimum atomic E-state index is -2.17. The summed E-state index contributed by atoms with van der Waals surface area (Å²) in [6.07, 6.45) is 0.0961. The van der Waals surface area contributed by atoms with E-state index < -0.39 is 11.8 Å². The van der Waals surface area contributed by atoms with Gasteiger partial charge in [-0.3, -0.25) is 4.79 Å². The Hall–Kier alpha value is -0.470. The lowest BCUT2D eigenvalue weighted by atomic mass is 9.86. The van der Waals surface area contributed by atoms with E-state index in [1.807, 2.05) is 0 Å². The zero-order valence-electron chi connectivity index (χ0n) is 5.65. The van der Waals surface area contributed by atoms with Crippen LogP contribution in [0.1, 0.15) is 25.7 Å². The van der Waals surface area contributed by atoms with Gasteiger partial charge in [-0.1, -0.05) is 6.42 Å². The second kappa shape index (κ2) is 2.64. The van der Waals surface area contributed by atoms with Crippen LogP contribution >= 0.6 is 0 Å². The van der Waals surface area contributed by atoms with Gasteiger partial charge in [-0.2, -0.15) is 0 Å². The SMILES string of the molecule is O=CC1(F)CCCCC1F. The van der Waals surface area contributed by atoms with Crippen LogP contribution in [0.4, 0.5) is 8.78 Å². The number of aldehydes is 1. The van der Waals surface area contributed by atoms with Gasteiger partial charge in [0.2, 0.25) is 0 Å². The van der Waals surface area contributed by atoms with Crippen LogP contribution in [0.3, 0.4) is 0 Å². The molecule has 0 amide bonds. The third-order valence-electron chi connectivity index (χ3n) is 1.98. The fourth-order valence-electron chi connectivity index (χ4n) is 1.25. The average molecular weight is 148 g/mol. The molecule has 2 unspecified atom stereocenters. The fourth-order valence-corrected chi connectivity index (χ4v) is 1.25. The number of alkyl halides is 2. The molecule has 2 atom stereocenters. The molecule has 10 heavy (non-hydrogen) atoms. The summed E-state index contributed by atoms with van der Waals surface area (Å²) in [5.74, 6) is 0. The molecule has 1 nitrogen and oxygen atoms in total. The third-order valence-corrected chi connectivity index (χ3v) is 1.98. The minimum absolute atomic E-state index is 0.0532. The van der Waals surface area contributed by atoms with Crippen LogP contribution in [-0.4, -0.2) is 18.1 Å². The van der Waals surface area contributed by atoms with Crippen LogP contribution in [0.15, 0.2) is 0 Å². The molecule has 1 fully saturated rings. The van der Waals surface area contributed by atoms with Gasteiger partial charge in [0.15, 0.2) is 12.0 Å². The monoisotopic (exact) mass is 148 g/mol. The van der Waals surface area contributed by atoms with E-state index in [9.17, 15) is 13.6 Å². The maximum Gasteiger partial charge on any atom is 0.196 e. The van der Waals surface area contributed by atoms with Crippen LogP contribution in [0.5, 0.6) is 0 Å². The van der Waals surface area contributed by atoms with Crippen molar-refractivity contribution in [2.75, 3.05) is 0 Å². The van der Waals surface area contributed by atoms with Crippen molar-refractivity contribution in [2.24, 2.45) is 0 Å².